The maximum Gasteiger partial charge on any atom is 0.125 e. The predicted molar refractivity (Wildman–Crippen MR) is 81.0 cm³/mol. The molecule has 0 unspecified atom stereocenters. The fourth-order valence-corrected chi connectivity index (χ4v) is 2.87. The van der Waals surface area contributed by atoms with E-state index in [4.69, 9.17) is 0 Å². The second-order valence-corrected chi connectivity index (χ2v) is 5.20. The van der Waals surface area contributed by atoms with Crippen molar-refractivity contribution in [2.75, 3.05) is 5.32 Å². The number of anilines is 1. The van der Waals surface area contributed by atoms with Crippen LogP contribution in [-0.2, 0) is 6.54 Å². The van der Waals surface area contributed by atoms with Gasteiger partial charge in [0, 0.05) is 23.4 Å². The maximum atomic E-state index is 13.5. The number of aromatic nitrogens is 2. The summed E-state index contributed by atoms with van der Waals surface area (Å²) in [4.78, 5) is 0. The number of hydrogen-bond acceptors (Lipinski definition) is 2. The minimum atomic E-state index is -0.253. The van der Waals surface area contributed by atoms with Crippen LogP contribution in [0, 0.1) is 12.7 Å². The van der Waals surface area contributed by atoms with Gasteiger partial charge in [-0.15, -0.1) is 0 Å². The van der Waals surface area contributed by atoms with Crippen molar-refractivity contribution < 1.29 is 4.39 Å². The van der Waals surface area contributed by atoms with Gasteiger partial charge in [-0.25, -0.2) is 9.07 Å². The summed E-state index contributed by atoms with van der Waals surface area (Å²) in [6.45, 7) is 2.73. The molecule has 0 atom stereocenters. The third-order valence-corrected chi connectivity index (χ3v) is 3.87. The van der Waals surface area contributed by atoms with Gasteiger partial charge in [0.1, 0.15) is 5.82 Å². The molecule has 104 valence electrons. The van der Waals surface area contributed by atoms with Crippen molar-refractivity contribution in [1.29, 1.82) is 0 Å². The average molecular weight is 279 g/mol. The Morgan fingerprint density at radius 3 is 2.86 bits per heavy atom. The van der Waals surface area contributed by atoms with Gasteiger partial charge >= 0.3 is 0 Å². The number of hydrogen-bond donors (Lipinski definition) is 1. The molecule has 0 saturated heterocycles. The molecule has 1 aromatic heterocycles. The molecule has 1 aliphatic heterocycles. The third kappa shape index (κ3) is 1.83. The lowest BCUT2D eigenvalue weighted by Crippen LogP contribution is -2.10. The lowest BCUT2D eigenvalue weighted by molar-refractivity contribution is 0.625. The molecule has 4 heteroatoms. The van der Waals surface area contributed by atoms with Crippen LogP contribution in [0.15, 0.2) is 48.5 Å². The number of aryl methyl sites for hydroxylation is 1. The summed E-state index contributed by atoms with van der Waals surface area (Å²) in [5, 5.41) is 8.02. The van der Waals surface area contributed by atoms with Crippen molar-refractivity contribution in [2.45, 2.75) is 13.5 Å². The largest absolute Gasteiger partial charge is 0.380 e. The zero-order chi connectivity index (χ0) is 14.4. The first-order valence-corrected chi connectivity index (χ1v) is 6.92. The van der Waals surface area contributed by atoms with E-state index in [9.17, 15) is 4.39 Å². The SMILES string of the molecule is Cc1nn(-c2cccc(F)c2)c2c1CNc1ccccc1-2. The Labute approximate surface area is 122 Å². The van der Waals surface area contributed by atoms with Crippen molar-refractivity contribution in [2.24, 2.45) is 0 Å². The molecule has 0 saturated carbocycles. The van der Waals surface area contributed by atoms with Crippen LogP contribution in [-0.4, -0.2) is 9.78 Å². The molecule has 0 aliphatic carbocycles. The number of halogens is 1. The standard InChI is InChI=1S/C17H14FN3/c1-11-15-10-19-16-8-3-2-7-14(16)17(15)21(20-11)13-6-4-5-12(18)9-13/h2-9,19H,10H2,1H3. The number of nitrogens with one attached hydrogen (secondary N) is 1. The van der Waals surface area contributed by atoms with Gasteiger partial charge in [-0.1, -0.05) is 24.3 Å². The van der Waals surface area contributed by atoms with Crippen LogP contribution < -0.4 is 5.32 Å². The molecule has 2 heterocycles. The number of benzene rings is 2. The first-order valence-electron chi connectivity index (χ1n) is 6.92. The van der Waals surface area contributed by atoms with Crippen molar-refractivity contribution in [3.05, 3.63) is 65.6 Å². The van der Waals surface area contributed by atoms with E-state index in [1.807, 2.05) is 29.8 Å². The van der Waals surface area contributed by atoms with E-state index in [1.54, 1.807) is 6.07 Å². The van der Waals surface area contributed by atoms with Crippen molar-refractivity contribution in [1.82, 2.24) is 9.78 Å². The van der Waals surface area contributed by atoms with Gasteiger partial charge in [0.15, 0.2) is 0 Å². The zero-order valence-electron chi connectivity index (χ0n) is 11.6. The highest BCUT2D eigenvalue weighted by molar-refractivity contribution is 5.82. The Morgan fingerprint density at radius 2 is 2.00 bits per heavy atom. The lowest BCUT2D eigenvalue weighted by Gasteiger charge is -2.20. The highest BCUT2D eigenvalue weighted by Gasteiger charge is 2.23. The summed E-state index contributed by atoms with van der Waals surface area (Å²) in [5.41, 5.74) is 6.11. The number of nitrogens with zero attached hydrogens (tertiary/aromatic N) is 2. The van der Waals surface area contributed by atoms with E-state index in [-0.39, 0.29) is 5.82 Å². The molecular weight excluding hydrogens is 265 g/mol. The van der Waals surface area contributed by atoms with E-state index in [0.717, 1.165) is 40.4 Å². The highest BCUT2D eigenvalue weighted by atomic mass is 19.1. The highest BCUT2D eigenvalue weighted by Crippen LogP contribution is 2.37. The molecule has 0 amide bonds. The van der Waals surface area contributed by atoms with Gasteiger partial charge in [0.05, 0.1) is 17.1 Å². The molecule has 4 rings (SSSR count). The summed E-state index contributed by atoms with van der Waals surface area (Å²) < 4.78 is 15.4. The molecule has 21 heavy (non-hydrogen) atoms. The van der Waals surface area contributed by atoms with Crippen LogP contribution in [0.4, 0.5) is 10.1 Å². The van der Waals surface area contributed by atoms with Crippen molar-refractivity contribution in [3.8, 4) is 16.9 Å². The second kappa shape index (κ2) is 4.45. The predicted octanol–water partition coefficient (Wildman–Crippen LogP) is 3.91. The molecule has 2 aromatic carbocycles. The van der Waals surface area contributed by atoms with Gasteiger partial charge in [-0.05, 0) is 31.2 Å². The van der Waals surface area contributed by atoms with E-state index in [1.165, 1.54) is 12.1 Å². The van der Waals surface area contributed by atoms with E-state index >= 15 is 0 Å². The minimum Gasteiger partial charge on any atom is -0.380 e. The summed E-state index contributed by atoms with van der Waals surface area (Å²) in [7, 11) is 0. The fourth-order valence-electron chi connectivity index (χ4n) is 2.87. The van der Waals surface area contributed by atoms with Gasteiger partial charge in [0.25, 0.3) is 0 Å². The smallest absolute Gasteiger partial charge is 0.125 e. The molecule has 0 fully saturated rings. The number of para-hydroxylation sites is 1. The average Bonchev–Trinajstić information content (AvgIpc) is 2.85. The molecule has 0 spiro atoms. The summed E-state index contributed by atoms with van der Waals surface area (Å²) in [6, 6.07) is 14.7. The molecule has 1 N–H and O–H groups in total. The molecule has 3 nitrogen and oxygen atoms in total. The Hall–Kier alpha value is -2.62. The maximum absolute atomic E-state index is 13.5. The normalized spacial score (nSPS) is 12.5. The van der Waals surface area contributed by atoms with Crippen molar-refractivity contribution >= 4 is 5.69 Å². The molecule has 1 aliphatic rings. The van der Waals surface area contributed by atoms with Gasteiger partial charge in [-0.3, -0.25) is 0 Å². The molecule has 0 radical (unpaired) electrons. The van der Waals surface area contributed by atoms with Crippen LogP contribution in [0.3, 0.4) is 0 Å². The number of fused-ring (bicyclic) bond motifs is 3. The van der Waals surface area contributed by atoms with Crippen LogP contribution in [0.5, 0.6) is 0 Å². The zero-order valence-corrected chi connectivity index (χ0v) is 11.6. The van der Waals surface area contributed by atoms with Crippen LogP contribution in [0.25, 0.3) is 16.9 Å². The summed E-state index contributed by atoms with van der Waals surface area (Å²) >= 11 is 0. The van der Waals surface area contributed by atoms with E-state index < -0.39 is 0 Å². The molecule has 3 aromatic rings. The Kier molecular flexibility index (Phi) is 2.57. The summed E-state index contributed by atoms with van der Waals surface area (Å²) in [5.74, 6) is -0.253. The summed E-state index contributed by atoms with van der Waals surface area (Å²) in [6.07, 6.45) is 0. The first kappa shape index (κ1) is 12.1. The molecular formula is C17H14FN3. The Balaban J connectivity index is 2.00. The lowest BCUT2D eigenvalue weighted by atomic mass is 10.00. The monoisotopic (exact) mass is 279 g/mol. The van der Waals surface area contributed by atoms with Crippen molar-refractivity contribution in [3.63, 3.8) is 0 Å². The fraction of sp³-hybridized carbons (Fsp3) is 0.118. The van der Waals surface area contributed by atoms with E-state index in [2.05, 4.69) is 22.5 Å². The Morgan fingerprint density at radius 1 is 1.14 bits per heavy atom. The van der Waals surface area contributed by atoms with Gasteiger partial charge in [-0.2, -0.15) is 5.10 Å². The second-order valence-electron chi connectivity index (χ2n) is 5.20. The van der Waals surface area contributed by atoms with Gasteiger partial charge in [0.2, 0.25) is 0 Å². The minimum absolute atomic E-state index is 0.253. The quantitative estimate of drug-likeness (QED) is 0.732. The van der Waals surface area contributed by atoms with Crippen LogP contribution >= 0.6 is 0 Å². The molecule has 0 bridgehead atoms. The van der Waals surface area contributed by atoms with Crippen LogP contribution in [0.2, 0.25) is 0 Å². The third-order valence-electron chi connectivity index (χ3n) is 3.87. The number of rotatable bonds is 1. The first-order chi connectivity index (χ1) is 10.2. The topological polar surface area (TPSA) is 29.9 Å². The van der Waals surface area contributed by atoms with Crippen LogP contribution in [0.1, 0.15) is 11.3 Å². The van der Waals surface area contributed by atoms with Gasteiger partial charge < -0.3 is 5.32 Å². The Bertz CT molecular complexity index is 836. The van der Waals surface area contributed by atoms with E-state index in [0.29, 0.717) is 0 Å².